The van der Waals surface area contributed by atoms with E-state index in [1.165, 1.54) is 5.56 Å². The molecule has 1 aliphatic rings. The normalized spacial score (nSPS) is 16.5. The van der Waals surface area contributed by atoms with Gasteiger partial charge in [0.1, 0.15) is 23.9 Å². The maximum absolute atomic E-state index is 11.6. The van der Waals surface area contributed by atoms with Gasteiger partial charge in [0.15, 0.2) is 0 Å². The Balaban J connectivity index is 1.17. The average molecular weight is 577 g/mol. The average Bonchev–Trinajstić information content (AvgIpc) is 3.04. The van der Waals surface area contributed by atoms with Crippen molar-refractivity contribution in [1.82, 2.24) is 10.6 Å². The lowest BCUT2D eigenvalue weighted by atomic mass is 9.88. The second-order valence-electron chi connectivity index (χ2n) is 10.3. The molecule has 1 heterocycles. The third-order valence-corrected chi connectivity index (χ3v) is 7.43. The smallest absolute Gasteiger partial charge is 0.220 e. The quantitative estimate of drug-likeness (QED) is 0.221. The van der Waals surface area contributed by atoms with Crippen LogP contribution in [0.4, 0.5) is 0 Å². The number of hydrogen-bond acceptors (Lipinski definition) is 7. The SMILES string of the molecule is CNC(=O)CCc1ccccc1OCCOC1CNCC[C@@H]1c1ccc(OCCCOCc2ccccc2OC)cc1. The highest BCUT2D eigenvalue weighted by Crippen LogP contribution is 2.29. The fourth-order valence-corrected chi connectivity index (χ4v) is 5.13. The maximum Gasteiger partial charge on any atom is 0.220 e. The first-order chi connectivity index (χ1) is 20.7. The maximum atomic E-state index is 11.6. The van der Waals surface area contributed by atoms with Crippen molar-refractivity contribution < 1.29 is 28.5 Å². The summed E-state index contributed by atoms with van der Waals surface area (Å²) < 4.78 is 29.5. The zero-order valence-electron chi connectivity index (χ0n) is 24.8. The number of amides is 1. The summed E-state index contributed by atoms with van der Waals surface area (Å²) in [5.41, 5.74) is 3.33. The van der Waals surface area contributed by atoms with Gasteiger partial charge in [-0.2, -0.15) is 0 Å². The minimum atomic E-state index is 0.0226. The van der Waals surface area contributed by atoms with Crippen molar-refractivity contribution in [2.45, 2.75) is 44.3 Å². The first-order valence-corrected chi connectivity index (χ1v) is 14.8. The summed E-state index contributed by atoms with van der Waals surface area (Å²) >= 11 is 0. The van der Waals surface area contributed by atoms with Crippen LogP contribution < -0.4 is 24.8 Å². The standard InChI is InChI=1S/C34H44N2O6/c1-35-34(37)17-14-27-8-3-6-11-32(27)41-22-23-42-33-24-36-19-18-30(33)26-12-15-29(16-13-26)40-21-7-20-39-25-28-9-4-5-10-31(28)38-2/h3-6,8-13,15-16,30,33,36H,7,14,17-25H2,1-2H3,(H,35,37)/t30-,33?/m1/s1. The van der Waals surface area contributed by atoms with Crippen LogP contribution in [0.25, 0.3) is 0 Å². The van der Waals surface area contributed by atoms with E-state index in [9.17, 15) is 4.79 Å². The van der Waals surface area contributed by atoms with Crippen LogP contribution in [0.1, 0.15) is 41.9 Å². The van der Waals surface area contributed by atoms with E-state index in [2.05, 4.69) is 22.8 Å². The molecular formula is C34H44N2O6. The van der Waals surface area contributed by atoms with Crippen LogP contribution in [0.2, 0.25) is 0 Å². The number of hydrogen-bond donors (Lipinski definition) is 2. The summed E-state index contributed by atoms with van der Waals surface area (Å²) in [6.07, 6.45) is 2.96. The summed E-state index contributed by atoms with van der Waals surface area (Å²) in [6, 6.07) is 24.2. The van der Waals surface area contributed by atoms with E-state index in [-0.39, 0.29) is 12.0 Å². The highest BCUT2D eigenvalue weighted by Gasteiger charge is 2.27. The Morgan fingerprint density at radius 3 is 2.43 bits per heavy atom. The molecule has 3 aromatic rings. The number of carbonyl (C=O) groups is 1. The van der Waals surface area contributed by atoms with Gasteiger partial charge >= 0.3 is 0 Å². The largest absolute Gasteiger partial charge is 0.496 e. The molecule has 0 bridgehead atoms. The van der Waals surface area contributed by atoms with Crippen LogP contribution in [-0.4, -0.2) is 65.7 Å². The van der Waals surface area contributed by atoms with E-state index >= 15 is 0 Å². The molecule has 0 saturated carbocycles. The molecule has 8 heteroatoms. The highest BCUT2D eigenvalue weighted by molar-refractivity contribution is 5.75. The van der Waals surface area contributed by atoms with E-state index in [4.69, 9.17) is 23.7 Å². The van der Waals surface area contributed by atoms with Crippen molar-refractivity contribution in [1.29, 1.82) is 0 Å². The van der Waals surface area contributed by atoms with E-state index in [0.717, 1.165) is 54.3 Å². The molecular weight excluding hydrogens is 532 g/mol. The number of aryl methyl sites for hydroxylation is 1. The molecule has 8 nitrogen and oxygen atoms in total. The van der Waals surface area contributed by atoms with Crippen molar-refractivity contribution in [3.8, 4) is 17.2 Å². The molecule has 1 fully saturated rings. The molecule has 1 unspecified atom stereocenters. The number of rotatable bonds is 17. The van der Waals surface area contributed by atoms with Gasteiger partial charge < -0.3 is 34.3 Å². The molecule has 0 aliphatic carbocycles. The summed E-state index contributed by atoms with van der Waals surface area (Å²) in [7, 11) is 3.33. The minimum Gasteiger partial charge on any atom is -0.496 e. The Morgan fingerprint density at radius 1 is 0.881 bits per heavy atom. The lowest BCUT2D eigenvalue weighted by Gasteiger charge is -2.32. The molecule has 0 radical (unpaired) electrons. The Kier molecular flexibility index (Phi) is 13.0. The zero-order valence-corrected chi connectivity index (χ0v) is 24.8. The molecule has 2 atom stereocenters. The van der Waals surface area contributed by atoms with Crippen molar-refractivity contribution in [2.24, 2.45) is 0 Å². The molecule has 1 saturated heterocycles. The molecule has 1 aliphatic heterocycles. The predicted molar refractivity (Wildman–Crippen MR) is 163 cm³/mol. The summed E-state index contributed by atoms with van der Waals surface area (Å²) in [4.78, 5) is 11.6. The molecule has 226 valence electrons. The Hall–Kier alpha value is -3.59. The number of carbonyl (C=O) groups excluding carboxylic acids is 1. The zero-order chi connectivity index (χ0) is 29.4. The number of nitrogens with one attached hydrogen (secondary N) is 2. The van der Waals surface area contributed by atoms with Crippen molar-refractivity contribution in [2.75, 3.05) is 53.7 Å². The minimum absolute atomic E-state index is 0.0226. The number of para-hydroxylation sites is 2. The summed E-state index contributed by atoms with van der Waals surface area (Å²) in [5, 5.41) is 6.13. The van der Waals surface area contributed by atoms with Gasteiger partial charge in [0, 0.05) is 37.9 Å². The van der Waals surface area contributed by atoms with Crippen LogP contribution in [0.5, 0.6) is 17.2 Å². The van der Waals surface area contributed by atoms with Gasteiger partial charge in [0.05, 0.1) is 39.6 Å². The van der Waals surface area contributed by atoms with Gasteiger partial charge in [0.25, 0.3) is 0 Å². The first kappa shape index (κ1) is 31.3. The monoisotopic (exact) mass is 576 g/mol. The molecule has 4 rings (SSSR count). The molecule has 42 heavy (non-hydrogen) atoms. The van der Waals surface area contributed by atoms with Gasteiger partial charge in [-0.15, -0.1) is 0 Å². The van der Waals surface area contributed by atoms with E-state index in [1.54, 1.807) is 14.2 Å². The third kappa shape index (κ3) is 9.76. The van der Waals surface area contributed by atoms with Gasteiger partial charge in [-0.05, 0) is 54.8 Å². The van der Waals surface area contributed by atoms with Crippen LogP contribution in [0.15, 0.2) is 72.8 Å². The van der Waals surface area contributed by atoms with Crippen molar-refractivity contribution in [3.63, 3.8) is 0 Å². The Bertz CT molecular complexity index is 1220. The second kappa shape index (κ2) is 17.4. The summed E-state index contributed by atoms with van der Waals surface area (Å²) in [5.74, 6) is 2.85. The Labute approximate surface area is 249 Å². The van der Waals surface area contributed by atoms with Gasteiger partial charge in [-0.1, -0.05) is 48.5 Å². The Morgan fingerprint density at radius 2 is 1.64 bits per heavy atom. The number of benzene rings is 3. The lowest BCUT2D eigenvalue weighted by molar-refractivity contribution is -0.120. The first-order valence-electron chi connectivity index (χ1n) is 14.8. The fourth-order valence-electron chi connectivity index (χ4n) is 5.13. The van der Waals surface area contributed by atoms with Gasteiger partial charge in [-0.3, -0.25) is 4.79 Å². The van der Waals surface area contributed by atoms with Crippen molar-refractivity contribution >= 4 is 5.91 Å². The highest BCUT2D eigenvalue weighted by atomic mass is 16.5. The van der Waals surface area contributed by atoms with Crippen LogP contribution >= 0.6 is 0 Å². The van der Waals surface area contributed by atoms with E-state index in [1.807, 2.05) is 60.7 Å². The van der Waals surface area contributed by atoms with Crippen LogP contribution in [0.3, 0.4) is 0 Å². The number of ether oxygens (including phenoxy) is 5. The predicted octanol–water partition coefficient (Wildman–Crippen LogP) is 4.90. The molecule has 0 aromatic heterocycles. The molecule has 2 N–H and O–H groups in total. The molecule has 0 spiro atoms. The lowest BCUT2D eigenvalue weighted by Crippen LogP contribution is -2.41. The van der Waals surface area contributed by atoms with Crippen LogP contribution in [0, 0.1) is 0 Å². The second-order valence-corrected chi connectivity index (χ2v) is 10.3. The third-order valence-electron chi connectivity index (χ3n) is 7.43. The molecule has 1 amide bonds. The van der Waals surface area contributed by atoms with Crippen molar-refractivity contribution in [3.05, 3.63) is 89.5 Å². The number of piperidine rings is 1. The summed E-state index contributed by atoms with van der Waals surface area (Å²) in [6.45, 7) is 4.46. The van der Waals surface area contributed by atoms with Gasteiger partial charge in [-0.25, -0.2) is 0 Å². The topological polar surface area (TPSA) is 87.3 Å². The number of methoxy groups -OCH3 is 1. The van der Waals surface area contributed by atoms with E-state index < -0.39 is 0 Å². The van der Waals surface area contributed by atoms with E-state index in [0.29, 0.717) is 51.8 Å². The fraction of sp³-hybridized carbons (Fsp3) is 0.441. The van der Waals surface area contributed by atoms with Crippen LogP contribution in [-0.2, 0) is 27.3 Å². The van der Waals surface area contributed by atoms with Gasteiger partial charge in [0.2, 0.25) is 5.91 Å². The molecule has 3 aromatic carbocycles.